The molecule has 2 rings (SSSR count). The van der Waals surface area contributed by atoms with E-state index in [-0.39, 0.29) is 4.83 Å². The molecule has 0 saturated heterocycles. The van der Waals surface area contributed by atoms with E-state index in [0.717, 1.165) is 17.1 Å². The zero-order valence-electron chi connectivity index (χ0n) is 10.6. The Balaban J connectivity index is 2.33. The van der Waals surface area contributed by atoms with Gasteiger partial charge in [0.1, 0.15) is 0 Å². The van der Waals surface area contributed by atoms with Crippen molar-refractivity contribution in [2.75, 3.05) is 14.2 Å². The van der Waals surface area contributed by atoms with Crippen LogP contribution in [0.15, 0.2) is 30.3 Å². The maximum Gasteiger partial charge on any atom is 0.161 e. The third-order valence-electron chi connectivity index (χ3n) is 2.71. The van der Waals surface area contributed by atoms with Crippen LogP contribution in [-0.2, 0) is 0 Å². The Morgan fingerprint density at radius 1 is 1.06 bits per heavy atom. The Morgan fingerprint density at radius 3 is 2.33 bits per heavy atom. The van der Waals surface area contributed by atoms with Crippen LogP contribution in [0.4, 0.5) is 0 Å². The molecule has 1 atom stereocenters. The molecule has 1 aromatic heterocycles. The first-order chi connectivity index (χ1) is 8.65. The van der Waals surface area contributed by atoms with Gasteiger partial charge in [-0.15, -0.1) is 11.3 Å². The van der Waals surface area contributed by atoms with Crippen molar-refractivity contribution >= 4 is 27.3 Å². The van der Waals surface area contributed by atoms with Crippen molar-refractivity contribution in [2.45, 2.75) is 11.8 Å². The molecule has 0 saturated carbocycles. The molecule has 1 unspecified atom stereocenters. The second-order valence-corrected chi connectivity index (χ2v) is 6.16. The lowest BCUT2D eigenvalue weighted by Crippen LogP contribution is -1.94. The smallest absolute Gasteiger partial charge is 0.161 e. The summed E-state index contributed by atoms with van der Waals surface area (Å²) in [4.78, 5) is 2.80. The Bertz CT molecular complexity index is 536. The predicted octanol–water partition coefficient (Wildman–Crippen LogP) is 4.56. The van der Waals surface area contributed by atoms with Crippen molar-refractivity contribution in [3.8, 4) is 11.5 Å². The molecular formula is C14H15BrO2S. The highest BCUT2D eigenvalue weighted by molar-refractivity contribution is 9.09. The van der Waals surface area contributed by atoms with Gasteiger partial charge < -0.3 is 9.47 Å². The van der Waals surface area contributed by atoms with Gasteiger partial charge in [0.25, 0.3) is 0 Å². The SMILES string of the molecule is COc1ccc(C(Br)c2ccc(C)s2)cc1OC. The highest BCUT2D eigenvalue weighted by Gasteiger charge is 2.14. The third kappa shape index (κ3) is 2.70. The standard InChI is InChI=1S/C14H15BrO2S/c1-9-4-7-13(18-9)14(15)10-5-6-11(16-2)12(8-10)17-3/h4-8,14H,1-3H3. The lowest BCUT2D eigenvalue weighted by Gasteiger charge is -2.12. The van der Waals surface area contributed by atoms with Gasteiger partial charge in [-0.1, -0.05) is 22.0 Å². The van der Waals surface area contributed by atoms with Gasteiger partial charge in [0, 0.05) is 9.75 Å². The molecule has 2 aromatic rings. The molecule has 0 aliphatic carbocycles. The minimum atomic E-state index is 0.191. The molecule has 0 fully saturated rings. The average Bonchev–Trinajstić information content (AvgIpc) is 2.83. The fraction of sp³-hybridized carbons (Fsp3) is 0.286. The van der Waals surface area contributed by atoms with Gasteiger partial charge in [-0.3, -0.25) is 0 Å². The van der Waals surface area contributed by atoms with Crippen LogP contribution in [0.5, 0.6) is 11.5 Å². The van der Waals surface area contributed by atoms with Gasteiger partial charge in [0.2, 0.25) is 0 Å². The topological polar surface area (TPSA) is 18.5 Å². The first-order valence-corrected chi connectivity index (χ1v) is 7.31. The fourth-order valence-corrected chi connectivity index (χ4v) is 3.37. The third-order valence-corrected chi connectivity index (χ3v) is 5.10. The van der Waals surface area contributed by atoms with Crippen LogP contribution >= 0.6 is 27.3 Å². The highest BCUT2D eigenvalue weighted by atomic mass is 79.9. The monoisotopic (exact) mass is 326 g/mol. The predicted molar refractivity (Wildman–Crippen MR) is 79.4 cm³/mol. The van der Waals surface area contributed by atoms with E-state index < -0.39 is 0 Å². The molecule has 96 valence electrons. The van der Waals surface area contributed by atoms with E-state index in [2.05, 4.69) is 41.1 Å². The lowest BCUT2D eigenvalue weighted by molar-refractivity contribution is 0.354. The van der Waals surface area contributed by atoms with Crippen LogP contribution in [0.2, 0.25) is 0 Å². The van der Waals surface area contributed by atoms with Crippen molar-refractivity contribution in [3.63, 3.8) is 0 Å². The van der Waals surface area contributed by atoms with E-state index in [0.29, 0.717) is 0 Å². The summed E-state index contributed by atoms with van der Waals surface area (Å²) in [5.74, 6) is 1.51. The Kier molecular flexibility index (Phi) is 4.30. The summed E-state index contributed by atoms with van der Waals surface area (Å²) >= 11 is 5.53. The van der Waals surface area contributed by atoms with Crippen LogP contribution in [0.3, 0.4) is 0 Å². The molecule has 0 radical (unpaired) electrons. The first kappa shape index (κ1) is 13.4. The normalized spacial score (nSPS) is 12.2. The minimum absolute atomic E-state index is 0.191. The maximum absolute atomic E-state index is 5.33. The van der Waals surface area contributed by atoms with Gasteiger partial charge in [-0.2, -0.15) is 0 Å². The molecule has 2 nitrogen and oxygen atoms in total. The number of alkyl halides is 1. The van der Waals surface area contributed by atoms with Crippen LogP contribution in [-0.4, -0.2) is 14.2 Å². The minimum Gasteiger partial charge on any atom is -0.493 e. The van der Waals surface area contributed by atoms with E-state index in [4.69, 9.17) is 9.47 Å². The summed E-state index contributed by atoms with van der Waals surface area (Å²) in [6, 6.07) is 10.3. The largest absolute Gasteiger partial charge is 0.493 e. The molecule has 18 heavy (non-hydrogen) atoms. The highest BCUT2D eigenvalue weighted by Crippen LogP contribution is 2.38. The Morgan fingerprint density at radius 2 is 1.78 bits per heavy atom. The van der Waals surface area contributed by atoms with Crippen LogP contribution in [0.25, 0.3) is 0 Å². The maximum atomic E-state index is 5.33. The van der Waals surface area contributed by atoms with Crippen LogP contribution in [0, 0.1) is 6.92 Å². The Labute approximate surface area is 120 Å². The molecule has 1 heterocycles. The van der Waals surface area contributed by atoms with Gasteiger partial charge in [0.05, 0.1) is 19.0 Å². The van der Waals surface area contributed by atoms with E-state index >= 15 is 0 Å². The second kappa shape index (κ2) is 5.76. The van der Waals surface area contributed by atoms with Crippen molar-refractivity contribution < 1.29 is 9.47 Å². The van der Waals surface area contributed by atoms with E-state index in [9.17, 15) is 0 Å². The molecular weight excluding hydrogens is 312 g/mol. The number of ether oxygens (including phenoxy) is 2. The summed E-state index contributed by atoms with van der Waals surface area (Å²) in [6.07, 6.45) is 0. The van der Waals surface area contributed by atoms with Crippen molar-refractivity contribution in [1.29, 1.82) is 0 Å². The molecule has 0 spiro atoms. The molecule has 0 amide bonds. The van der Waals surface area contributed by atoms with Gasteiger partial charge in [-0.25, -0.2) is 0 Å². The number of methoxy groups -OCH3 is 2. The van der Waals surface area contributed by atoms with E-state index in [1.54, 1.807) is 25.6 Å². The fourth-order valence-electron chi connectivity index (χ4n) is 1.76. The Hall–Kier alpha value is -1.00. The van der Waals surface area contributed by atoms with E-state index in [1.165, 1.54) is 9.75 Å². The number of benzene rings is 1. The summed E-state index contributed by atoms with van der Waals surface area (Å²) in [5, 5.41) is 0. The summed E-state index contributed by atoms with van der Waals surface area (Å²) < 4.78 is 10.6. The molecule has 4 heteroatoms. The van der Waals surface area contributed by atoms with Gasteiger partial charge in [-0.05, 0) is 36.8 Å². The number of thiophene rings is 1. The number of hydrogen-bond donors (Lipinski definition) is 0. The zero-order valence-corrected chi connectivity index (χ0v) is 13.0. The molecule has 0 aliphatic heterocycles. The number of halogens is 1. The summed E-state index contributed by atoms with van der Waals surface area (Å²) in [7, 11) is 3.30. The molecule has 0 bridgehead atoms. The summed E-state index contributed by atoms with van der Waals surface area (Å²) in [5.41, 5.74) is 1.16. The number of rotatable bonds is 4. The van der Waals surface area contributed by atoms with Crippen molar-refractivity contribution in [3.05, 3.63) is 45.6 Å². The average molecular weight is 327 g/mol. The quantitative estimate of drug-likeness (QED) is 0.767. The van der Waals surface area contributed by atoms with E-state index in [1.807, 2.05) is 12.1 Å². The molecule has 1 aromatic carbocycles. The molecule has 0 N–H and O–H groups in total. The summed E-state index contributed by atoms with van der Waals surface area (Å²) in [6.45, 7) is 2.11. The second-order valence-electron chi connectivity index (χ2n) is 3.93. The van der Waals surface area contributed by atoms with Crippen LogP contribution in [0.1, 0.15) is 20.1 Å². The van der Waals surface area contributed by atoms with Crippen molar-refractivity contribution in [1.82, 2.24) is 0 Å². The van der Waals surface area contributed by atoms with Gasteiger partial charge in [0.15, 0.2) is 11.5 Å². The number of aryl methyl sites for hydroxylation is 1. The molecule has 0 aliphatic rings. The zero-order chi connectivity index (χ0) is 13.1. The van der Waals surface area contributed by atoms with Crippen LogP contribution < -0.4 is 9.47 Å². The van der Waals surface area contributed by atoms with Crippen molar-refractivity contribution in [2.24, 2.45) is 0 Å². The lowest BCUT2D eigenvalue weighted by atomic mass is 10.1. The first-order valence-electron chi connectivity index (χ1n) is 5.58. The number of hydrogen-bond acceptors (Lipinski definition) is 3. The van der Waals surface area contributed by atoms with Gasteiger partial charge >= 0.3 is 0 Å².